The largest absolute Gasteiger partial charge is 0.469 e. The minimum Gasteiger partial charge on any atom is -0.469 e. The third kappa shape index (κ3) is 1.65. The summed E-state index contributed by atoms with van der Waals surface area (Å²) in [6.45, 7) is 3.63. The summed E-state index contributed by atoms with van der Waals surface area (Å²) >= 11 is 5.79. The summed E-state index contributed by atoms with van der Waals surface area (Å²) in [5, 5.41) is 7.40. The number of hydrogen-bond donors (Lipinski definition) is 0. The quantitative estimate of drug-likeness (QED) is 0.719. The fraction of sp³-hybridized carbons (Fsp3) is 0.333. The van der Waals surface area contributed by atoms with E-state index in [4.69, 9.17) is 20.4 Å². The number of halogens is 1. The van der Waals surface area contributed by atoms with E-state index in [-0.39, 0.29) is 5.38 Å². The fourth-order valence-electron chi connectivity index (χ4n) is 1.07. The van der Waals surface area contributed by atoms with E-state index >= 15 is 0 Å². The molecule has 0 aliphatic rings. The van der Waals surface area contributed by atoms with Crippen molar-refractivity contribution in [2.24, 2.45) is 0 Å². The van der Waals surface area contributed by atoms with E-state index in [0.717, 1.165) is 11.3 Å². The molecule has 0 fully saturated rings. The van der Waals surface area contributed by atoms with Gasteiger partial charge in [0.25, 0.3) is 5.89 Å². The molecular formula is C9H9ClN2O2. The number of aromatic nitrogens is 2. The number of hydrogen-bond acceptors (Lipinski definition) is 4. The normalized spacial score (nSPS) is 13.1. The first-order valence-corrected chi connectivity index (χ1v) is 4.63. The van der Waals surface area contributed by atoms with Gasteiger partial charge < -0.3 is 8.83 Å². The maximum Gasteiger partial charge on any atom is 0.251 e. The van der Waals surface area contributed by atoms with Crippen molar-refractivity contribution >= 4 is 11.6 Å². The summed E-state index contributed by atoms with van der Waals surface area (Å²) in [7, 11) is 0. The predicted molar refractivity (Wildman–Crippen MR) is 51.0 cm³/mol. The molecule has 4 nitrogen and oxygen atoms in total. The van der Waals surface area contributed by atoms with E-state index in [1.807, 2.05) is 13.0 Å². The summed E-state index contributed by atoms with van der Waals surface area (Å²) in [4.78, 5) is 0. The Morgan fingerprint density at radius 3 is 2.71 bits per heavy atom. The van der Waals surface area contributed by atoms with Crippen LogP contribution >= 0.6 is 11.6 Å². The van der Waals surface area contributed by atoms with Crippen molar-refractivity contribution < 1.29 is 8.83 Å². The molecule has 2 aromatic rings. The number of aryl methyl sites for hydroxylation is 1. The van der Waals surface area contributed by atoms with Crippen molar-refractivity contribution in [2.45, 2.75) is 19.2 Å². The van der Waals surface area contributed by atoms with E-state index in [1.54, 1.807) is 13.2 Å². The molecule has 0 saturated carbocycles. The maximum atomic E-state index is 5.79. The lowest BCUT2D eigenvalue weighted by molar-refractivity contribution is 0.504. The Hall–Kier alpha value is -1.29. The average molecular weight is 213 g/mol. The fourth-order valence-corrected chi connectivity index (χ4v) is 1.16. The highest BCUT2D eigenvalue weighted by atomic mass is 35.5. The molecule has 2 heterocycles. The molecule has 0 saturated heterocycles. The molecule has 0 aromatic carbocycles. The van der Waals surface area contributed by atoms with Crippen LogP contribution in [0.5, 0.6) is 0 Å². The van der Waals surface area contributed by atoms with Crippen LogP contribution < -0.4 is 0 Å². The molecule has 0 radical (unpaired) electrons. The molecule has 2 aromatic heterocycles. The van der Waals surface area contributed by atoms with Crippen LogP contribution in [0, 0.1) is 6.92 Å². The summed E-state index contributed by atoms with van der Waals surface area (Å²) in [5.41, 5.74) is 0.776. The first-order chi connectivity index (χ1) is 6.66. The Bertz CT molecular complexity index is 433. The van der Waals surface area contributed by atoms with Crippen molar-refractivity contribution in [2.75, 3.05) is 0 Å². The van der Waals surface area contributed by atoms with Gasteiger partial charge in [0.15, 0.2) is 0 Å². The van der Waals surface area contributed by atoms with Crippen LogP contribution in [0.2, 0.25) is 0 Å². The van der Waals surface area contributed by atoms with E-state index in [2.05, 4.69) is 10.2 Å². The lowest BCUT2D eigenvalue weighted by Gasteiger charge is -1.91. The Kier molecular flexibility index (Phi) is 2.29. The maximum absolute atomic E-state index is 5.79. The van der Waals surface area contributed by atoms with Crippen LogP contribution in [0.15, 0.2) is 21.2 Å². The Balaban J connectivity index is 2.33. The zero-order chi connectivity index (χ0) is 10.1. The Morgan fingerprint density at radius 1 is 1.43 bits per heavy atom. The van der Waals surface area contributed by atoms with Gasteiger partial charge in [0.1, 0.15) is 17.4 Å². The lowest BCUT2D eigenvalue weighted by Crippen LogP contribution is -1.81. The third-order valence-corrected chi connectivity index (χ3v) is 1.95. The second-order valence-electron chi connectivity index (χ2n) is 3.01. The summed E-state index contributed by atoms with van der Waals surface area (Å²) < 4.78 is 10.5. The second-order valence-corrected chi connectivity index (χ2v) is 3.66. The van der Waals surface area contributed by atoms with Crippen LogP contribution in [0.3, 0.4) is 0 Å². The molecule has 5 heteroatoms. The monoisotopic (exact) mass is 212 g/mol. The van der Waals surface area contributed by atoms with Crippen LogP contribution in [-0.4, -0.2) is 10.2 Å². The van der Waals surface area contributed by atoms with Crippen molar-refractivity contribution in [3.05, 3.63) is 24.0 Å². The zero-order valence-electron chi connectivity index (χ0n) is 7.82. The van der Waals surface area contributed by atoms with Gasteiger partial charge in [-0.05, 0) is 19.9 Å². The lowest BCUT2D eigenvalue weighted by atomic mass is 10.3. The van der Waals surface area contributed by atoms with Crippen molar-refractivity contribution in [3.63, 3.8) is 0 Å². The van der Waals surface area contributed by atoms with Gasteiger partial charge in [0.05, 0.1) is 5.56 Å². The van der Waals surface area contributed by atoms with Crippen molar-refractivity contribution in [1.82, 2.24) is 10.2 Å². The molecular weight excluding hydrogens is 204 g/mol. The molecule has 0 N–H and O–H groups in total. The number of alkyl halides is 1. The molecule has 14 heavy (non-hydrogen) atoms. The topological polar surface area (TPSA) is 52.1 Å². The summed E-state index contributed by atoms with van der Waals surface area (Å²) in [5.74, 6) is 1.66. The highest BCUT2D eigenvalue weighted by molar-refractivity contribution is 6.20. The first kappa shape index (κ1) is 9.27. The van der Waals surface area contributed by atoms with Crippen molar-refractivity contribution in [3.8, 4) is 11.5 Å². The highest BCUT2D eigenvalue weighted by Crippen LogP contribution is 2.24. The number of rotatable bonds is 2. The van der Waals surface area contributed by atoms with Gasteiger partial charge in [-0.3, -0.25) is 0 Å². The molecule has 0 bridgehead atoms. The molecule has 1 atom stereocenters. The van der Waals surface area contributed by atoms with Gasteiger partial charge in [-0.2, -0.15) is 0 Å². The van der Waals surface area contributed by atoms with Gasteiger partial charge in [0.2, 0.25) is 5.89 Å². The van der Waals surface area contributed by atoms with E-state index < -0.39 is 0 Å². The van der Waals surface area contributed by atoms with E-state index in [9.17, 15) is 0 Å². The molecule has 0 spiro atoms. The van der Waals surface area contributed by atoms with Gasteiger partial charge in [-0.25, -0.2) is 0 Å². The average Bonchev–Trinajstić information content (AvgIpc) is 2.70. The second kappa shape index (κ2) is 3.46. The van der Waals surface area contributed by atoms with E-state index in [0.29, 0.717) is 11.8 Å². The smallest absolute Gasteiger partial charge is 0.251 e. The molecule has 0 aliphatic heterocycles. The van der Waals surface area contributed by atoms with Crippen LogP contribution in [0.4, 0.5) is 0 Å². The highest BCUT2D eigenvalue weighted by Gasteiger charge is 2.13. The predicted octanol–water partition coefficient (Wildman–Crippen LogP) is 2.94. The summed E-state index contributed by atoms with van der Waals surface area (Å²) in [6.07, 6.45) is 1.57. The number of nitrogens with zero attached hydrogens (tertiary/aromatic N) is 2. The minimum atomic E-state index is -0.274. The standard InChI is InChI=1S/C9H9ClN2O2/c1-5-3-7(4-13-5)9-12-11-8(14-9)6(2)10/h3-4,6H,1-2H3. The molecule has 2 rings (SSSR count). The van der Waals surface area contributed by atoms with Gasteiger partial charge >= 0.3 is 0 Å². The summed E-state index contributed by atoms with van der Waals surface area (Å²) in [6, 6.07) is 1.83. The third-order valence-electron chi connectivity index (χ3n) is 1.76. The Labute approximate surface area is 85.9 Å². The first-order valence-electron chi connectivity index (χ1n) is 4.20. The van der Waals surface area contributed by atoms with Gasteiger partial charge in [-0.15, -0.1) is 21.8 Å². The van der Waals surface area contributed by atoms with Gasteiger partial charge in [0, 0.05) is 0 Å². The molecule has 1 unspecified atom stereocenters. The van der Waals surface area contributed by atoms with Crippen LogP contribution in [0.1, 0.15) is 24.0 Å². The Morgan fingerprint density at radius 2 is 2.21 bits per heavy atom. The van der Waals surface area contributed by atoms with Crippen LogP contribution in [-0.2, 0) is 0 Å². The van der Waals surface area contributed by atoms with Gasteiger partial charge in [-0.1, -0.05) is 0 Å². The minimum absolute atomic E-state index is 0.274. The SMILES string of the molecule is Cc1cc(-c2nnc(C(C)Cl)o2)co1. The number of furan rings is 1. The van der Waals surface area contributed by atoms with Crippen molar-refractivity contribution in [1.29, 1.82) is 0 Å². The molecule has 0 aliphatic carbocycles. The molecule has 0 amide bonds. The molecule has 74 valence electrons. The van der Waals surface area contributed by atoms with Crippen LogP contribution in [0.25, 0.3) is 11.5 Å². The zero-order valence-corrected chi connectivity index (χ0v) is 8.58. The van der Waals surface area contributed by atoms with E-state index in [1.165, 1.54) is 0 Å².